The fourth-order valence-electron chi connectivity index (χ4n) is 2.87. The Morgan fingerprint density at radius 3 is 2.45 bits per heavy atom. The average molecular weight is 313 g/mol. The first kappa shape index (κ1) is 18.9. The van der Waals surface area contributed by atoms with Gasteiger partial charge in [0, 0.05) is 25.0 Å². The number of ether oxygens (including phenoxy) is 1. The molecule has 1 aliphatic rings. The van der Waals surface area contributed by atoms with Crippen molar-refractivity contribution in [2.45, 2.75) is 78.4 Å². The molecule has 1 saturated heterocycles. The third-order valence-corrected chi connectivity index (χ3v) is 4.72. The Kier molecular flexibility index (Phi) is 6.41. The van der Waals surface area contributed by atoms with Gasteiger partial charge in [0.05, 0.1) is 12.8 Å². The molecule has 1 atom stereocenters. The number of aliphatic carboxylic acids is 1. The Morgan fingerprint density at radius 2 is 1.95 bits per heavy atom. The van der Waals surface area contributed by atoms with E-state index in [0.717, 1.165) is 32.4 Å². The van der Waals surface area contributed by atoms with E-state index in [1.807, 2.05) is 0 Å². The van der Waals surface area contributed by atoms with Crippen LogP contribution in [0.1, 0.15) is 66.7 Å². The Balaban J connectivity index is 2.52. The van der Waals surface area contributed by atoms with E-state index >= 15 is 0 Å². The fraction of sp³-hybridized carbons (Fsp3) is 0.882. The largest absolute Gasteiger partial charge is 0.481 e. The molecule has 1 rings (SSSR count). The van der Waals surface area contributed by atoms with Crippen LogP contribution in [-0.2, 0) is 14.3 Å². The lowest BCUT2D eigenvalue weighted by molar-refractivity contribution is -0.156. The number of esters is 1. The van der Waals surface area contributed by atoms with Gasteiger partial charge in [0.15, 0.2) is 0 Å². The molecule has 0 spiro atoms. The van der Waals surface area contributed by atoms with E-state index in [9.17, 15) is 9.59 Å². The van der Waals surface area contributed by atoms with Crippen molar-refractivity contribution in [3.63, 3.8) is 0 Å². The monoisotopic (exact) mass is 313 g/mol. The van der Waals surface area contributed by atoms with Crippen LogP contribution in [0.4, 0.5) is 0 Å². The molecule has 22 heavy (non-hydrogen) atoms. The third-order valence-electron chi connectivity index (χ3n) is 4.72. The van der Waals surface area contributed by atoms with Gasteiger partial charge in [-0.3, -0.25) is 14.5 Å². The molecule has 0 saturated carbocycles. The third kappa shape index (κ3) is 5.95. The van der Waals surface area contributed by atoms with Crippen LogP contribution in [0.25, 0.3) is 0 Å². The van der Waals surface area contributed by atoms with E-state index in [0.29, 0.717) is 0 Å². The summed E-state index contributed by atoms with van der Waals surface area (Å²) in [5.41, 5.74) is 0.269. The molecule has 0 aromatic carbocycles. The van der Waals surface area contributed by atoms with Gasteiger partial charge in [0.25, 0.3) is 0 Å². The summed E-state index contributed by atoms with van der Waals surface area (Å²) in [5, 5.41) is 8.60. The molecule has 0 aromatic heterocycles. The number of piperidine rings is 1. The van der Waals surface area contributed by atoms with Gasteiger partial charge in [0.1, 0.15) is 6.10 Å². The van der Waals surface area contributed by atoms with Crippen LogP contribution in [0.15, 0.2) is 0 Å². The number of carbonyl (C=O) groups excluding carboxylic acids is 1. The molecular formula is C17H31NO4. The van der Waals surface area contributed by atoms with Crippen LogP contribution >= 0.6 is 0 Å². The van der Waals surface area contributed by atoms with Crippen molar-refractivity contribution in [1.29, 1.82) is 0 Å². The summed E-state index contributed by atoms with van der Waals surface area (Å²) in [6.45, 7) is 13.1. The molecule has 128 valence electrons. The second-order valence-corrected chi connectivity index (χ2v) is 7.75. The molecule has 1 N–H and O–H groups in total. The minimum absolute atomic E-state index is 0.0115. The minimum atomic E-state index is -0.964. The lowest BCUT2D eigenvalue weighted by Crippen LogP contribution is -2.54. The number of likely N-dealkylation sites (tertiary alicyclic amines) is 1. The molecule has 0 bridgehead atoms. The normalized spacial score (nSPS) is 22.3. The summed E-state index contributed by atoms with van der Waals surface area (Å²) in [7, 11) is 0. The van der Waals surface area contributed by atoms with Gasteiger partial charge < -0.3 is 9.84 Å². The van der Waals surface area contributed by atoms with Gasteiger partial charge in [-0.05, 0) is 32.1 Å². The first-order chi connectivity index (χ1) is 10.1. The highest BCUT2D eigenvalue weighted by Crippen LogP contribution is 2.33. The molecule has 1 fully saturated rings. The fourth-order valence-corrected chi connectivity index (χ4v) is 2.87. The number of nitrogens with zero attached hydrogens (tertiary/aromatic N) is 1. The van der Waals surface area contributed by atoms with Gasteiger partial charge in [-0.15, -0.1) is 0 Å². The van der Waals surface area contributed by atoms with Crippen LogP contribution in [0.5, 0.6) is 0 Å². The summed E-state index contributed by atoms with van der Waals surface area (Å²) in [6.07, 6.45) is 2.45. The summed E-state index contributed by atoms with van der Waals surface area (Å²) < 4.78 is 5.45. The van der Waals surface area contributed by atoms with E-state index in [1.165, 1.54) is 0 Å². The number of carbonyl (C=O) groups is 2. The van der Waals surface area contributed by atoms with Crippen molar-refractivity contribution in [2.24, 2.45) is 5.41 Å². The van der Waals surface area contributed by atoms with Crippen LogP contribution in [0.3, 0.4) is 0 Å². The zero-order chi connectivity index (χ0) is 17.0. The summed E-state index contributed by atoms with van der Waals surface area (Å²) in [5.74, 6) is -1.36. The molecule has 0 amide bonds. The highest BCUT2D eigenvalue weighted by molar-refractivity contribution is 5.76. The highest BCUT2D eigenvalue weighted by atomic mass is 16.5. The van der Waals surface area contributed by atoms with Crippen LogP contribution < -0.4 is 0 Å². The Bertz CT molecular complexity index is 403. The van der Waals surface area contributed by atoms with Crippen molar-refractivity contribution in [1.82, 2.24) is 4.90 Å². The van der Waals surface area contributed by atoms with Crippen molar-refractivity contribution >= 4 is 11.9 Å². The van der Waals surface area contributed by atoms with Gasteiger partial charge >= 0.3 is 11.9 Å². The van der Waals surface area contributed by atoms with Crippen LogP contribution in [0.2, 0.25) is 0 Å². The zero-order valence-corrected chi connectivity index (χ0v) is 14.6. The number of hydrogen-bond acceptors (Lipinski definition) is 4. The van der Waals surface area contributed by atoms with Gasteiger partial charge in [0.2, 0.25) is 0 Å². The van der Waals surface area contributed by atoms with Crippen LogP contribution in [0, 0.1) is 5.41 Å². The lowest BCUT2D eigenvalue weighted by Gasteiger charge is -2.48. The number of carboxylic acids is 1. The second-order valence-electron chi connectivity index (χ2n) is 7.75. The quantitative estimate of drug-likeness (QED) is 0.732. The predicted molar refractivity (Wildman–Crippen MR) is 85.7 cm³/mol. The molecule has 5 nitrogen and oxygen atoms in total. The van der Waals surface area contributed by atoms with E-state index in [-0.39, 0.29) is 29.9 Å². The molecule has 0 aromatic rings. The first-order valence-electron chi connectivity index (χ1n) is 8.22. The summed E-state index contributed by atoms with van der Waals surface area (Å²) >= 11 is 0. The second kappa shape index (κ2) is 7.44. The smallest absolute Gasteiger partial charge is 0.306 e. The van der Waals surface area contributed by atoms with E-state index in [4.69, 9.17) is 9.84 Å². The maximum atomic E-state index is 11.7. The Hall–Kier alpha value is -1.10. The SMILES string of the molecule is CCC(C)(C)CN1CCC(OC(=O)CCC(=O)O)CC1(C)C. The predicted octanol–water partition coefficient (Wildman–Crippen LogP) is 3.07. The highest BCUT2D eigenvalue weighted by Gasteiger charge is 2.38. The number of hydrogen-bond donors (Lipinski definition) is 1. The summed E-state index contributed by atoms with van der Waals surface area (Å²) in [6, 6.07) is 0. The Morgan fingerprint density at radius 1 is 1.32 bits per heavy atom. The maximum Gasteiger partial charge on any atom is 0.306 e. The lowest BCUT2D eigenvalue weighted by atomic mass is 9.83. The van der Waals surface area contributed by atoms with Gasteiger partial charge in [-0.25, -0.2) is 0 Å². The van der Waals surface area contributed by atoms with E-state index < -0.39 is 11.9 Å². The van der Waals surface area contributed by atoms with Gasteiger partial charge in [-0.1, -0.05) is 20.8 Å². The molecule has 0 aliphatic carbocycles. The number of rotatable bonds is 7. The van der Waals surface area contributed by atoms with Crippen molar-refractivity contribution in [3.05, 3.63) is 0 Å². The minimum Gasteiger partial charge on any atom is -0.481 e. The molecule has 0 radical (unpaired) electrons. The van der Waals surface area contributed by atoms with E-state index in [2.05, 4.69) is 39.5 Å². The Labute approximate surface area is 134 Å². The molecule has 5 heteroatoms. The van der Waals surface area contributed by atoms with Crippen molar-refractivity contribution < 1.29 is 19.4 Å². The van der Waals surface area contributed by atoms with Crippen molar-refractivity contribution in [3.8, 4) is 0 Å². The van der Waals surface area contributed by atoms with Crippen molar-refractivity contribution in [2.75, 3.05) is 13.1 Å². The van der Waals surface area contributed by atoms with Gasteiger partial charge in [-0.2, -0.15) is 0 Å². The molecule has 1 aliphatic heterocycles. The summed E-state index contributed by atoms with van der Waals surface area (Å²) in [4.78, 5) is 24.7. The first-order valence-corrected chi connectivity index (χ1v) is 8.22. The molecular weight excluding hydrogens is 282 g/mol. The molecule has 1 unspecified atom stereocenters. The average Bonchev–Trinajstić information content (AvgIpc) is 2.39. The topological polar surface area (TPSA) is 66.8 Å². The number of carboxylic acid groups (broad SMARTS) is 1. The molecule has 1 heterocycles. The van der Waals surface area contributed by atoms with E-state index in [1.54, 1.807) is 0 Å². The zero-order valence-electron chi connectivity index (χ0n) is 14.6. The standard InChI is InChI=1S/C17H31NO4/c1-6-16(2,3)12-18-10-9-13(11-17(18,4)5)22-15(21)8-7-14(19)20/h13H,6-12H2,1-5H3,(H,19,20). The van der Waals surface area contributed by atoms with Crippen LogP contribution in [-0.4, -0.2) is 46.7 Å². The maximum absolute atomic E-state index is 11.7.